The fourth-order valence-electron chi connectivity index (χ4n) is 1.77. The van der Waals surface area contributed by atoms with Gasteiger partial charge >= 0.3 is 0 Å². The SMILES string of the molecule is COCc1nc2cc(NC(=O)[C@@H](N)C(C)C)ccc2o1. The van der Waals surface area contributed by atoms with E-state index in [9.17, 15) is 4.79 Å². The molecule has 0 saturated heterocycles. The molecule has 20 heavy (non-hydrogen) atoms. The summed E-state index contributed by atoms with van der Waals surface area (Å²) in [6.45, 7) is 4.12. The number of hydrogen-bond donors (Lipinski definition) is 2. The number of carbonyl (C=O) groups excluding carboxylic acids is 1. The first-order valence-corrected chi connectivity index (χ1v) is 6.46. The van der Waals surface area contributed by atoms with Gasteiger partial charge in [0.25, 0.3) is 0 Å². The number of oxazole rings is 1. The van der Waals surface area contributed by atoms with Crippen LogP contribution >= 0.6 is 0 Å². The maximum Gasteiger partial charge on any atom is 0.241 e. The monoisotopic (exact) mass is 277 g/mol. The zero-order valence-corrected chi connectivity index (χ0v) is 11.8. The predicted octanol–water partition coefficient (Wildman–Crippen LogP) is 1.90. The average molecular weight is 277 g/mol. The summed E-state index contributed by atoms with van der Waals surface area (Å²) in [5, 5.41) is 2.78. The maximum absolute atomic E-state index is 11.9. The van der Waals surface area contributed by atoms with Gasteiger partial charge < -0.3 is 20.2 Å². The number of methoxy groups -OCH3 is 1. The molecule has 0 aliphatic heterocycles. The van der Waals surface area contributed by atoms with Crippen molar-refractivity contribution >= 4 is 22.7 Å². The first-order valence-electron chi connectivity index (χ1n) is 6.46. The minimum atomic E-state index is -0.535. The largest absolute Gasteiger partial charge is 0.438 e. The van der Waals surface area contributed by atoms with Crippen molar-refractivity contribution in [3.05, 3.63) is 24.1 Å². The number of rotatable bonds is 5. The van der Waals surface area contributed by atoms with E-state index < -0.39 is 6.04 Å². The van der Waals surface area contributed by atoms with Crippen LogP contribution in [0.1, 0.15) is 19.7 Å². The van der Waals surface area contributed by atoms with Crippen molar-refractivity contribution in [2.75, 3.05) is 12.4 Å². The Labute approximate surface area is 117 Å². The summed E-state index contributed by atoms with van der Waals surface area (Å²) in [7, 11) is 1.58. The summed E-state index contributed by atoms with van der Waals surface area (Å²) >= 11 is 0. The fraction of sp³-hybridized carbons (Fsp3) is 0.429. The molecule has 1 aromatic carbocycles. The zero-order valence-electron chi connectivity index (χ0n) is 11.8. The molecule has 1 atom stereocenters. The maximum atomic E-state index is 11.9. The van der Waals surface area contributed by atoms with E-state index in [1.165, 1.54) is 0 Å². The molecule has 0 saturated carbocycles. The highest BCUT2D eigenvalue weighted by Gasteiger charge is 2.17. The van der Waals surface area contributed by atoms with Gasteiger partial charge in [0.15, 0.2) is 5.58 Å². The van der Waals surface area contributed by atoms with Crippen LogP contribution in [0.3, 0.4) is 0 Å². The number of aromatic nitrogens is 1. The van der Waals surface area contributed by atoms with E-state index in [4.69, 9.17) is 14.9 Å². The number of nitrogens with two attached hydrogens (primary N) is 1. The topological polar surface area (TPSA) is 90.4 Å². The fourth-order valence-corrected chi connectivity index (χ4v) is 1.77. The third-order valence-corrected chi connectivity index (χ3v) is 2.99. The van der Waals surface area contributed by atoms with Crippen molar-refractivity contribution in [2.45, 2.75) is 26.5 Å². The molecule has 6 heteroatoms. The molecule has 0 aliphatic rings. The Hall–Kier alpha value is -1.92. The Kier molecular flexibility index (Phi) is 4.36. The minimum absolute atomic E-state index is 0.0825. The normalized spacial score (nSPS) is 12.8. The van der Waals surface area contributed by atoms with Gasteiger partial charge in [-0.15, -0.1) is 0 Å². The molecule has 0 fully saturated rings. The third kappa shape index (κ3) is 3.15. The van der Waals surface area contributed by atoms with Gasteiger partial charge in [-0.2, -0.15) is 0 Å². The van der Waals surface area contributed by atoms with E-state index in [0.717, 1.165) is 0 Å². The van der Waals surface area contributed by atoms with E-state index in [1.54, 1.807) is 25.3 Å². The number of nitrogens with one attached hydrogen (secondary N) is 1. The van der Waals surface area contributed by atoms with Crippen molar-refractivity contribution in [3.63, 3.8) is 0 Å². The van der Waals surface area contributed by atoms with Crippen molar-refractivity contribution in [1.82, 2.24) is 4.98 Å². The molecule has 2 aromatic rings. The standard InChI is InChI=1S/C14H19N3O3/c1-8(2)13(15)14(18)16-9-4-5-11-10(6-9)17-12(20-11)7-19-3/h4-6,8,13H,7,15H2,1-3H3,(H,16,18)/t13-/m0/s1. The highest BCUT2D eigenvalue weighted by atomic mass is 16.5. The number of amides is 1. The Morgan fingerprint density at radius 1 is 1.50 bits per heavy atom. The van der Waals surface area contributed by atoms with Gasteiger partial charge in [-0.3, -0.25) is 4.79 Å². The van der Waals surface area contributed by atoms with Gasteiger partial charge in [0.1, 0.15) is 12.1 Å². The van der Waals surface area contributed by atoms with Crippen LogP contribution in [0.25, 0.3) is 11.1 Å². The van der Waals surface area contributed by atoms with Crippen LogP contribution in [0.4, 0.5) is 5.69 Å². The smallest absolute Gasteiger partial charge is 0.241 e. The number of carbonyl (C=O) groups is 1. The summed E-state index contributed by atoms with van der Waals surface area (Å²) in [5.74, 6) is 0.379. The second-order valence-electron chi connectivity index (χ2n) is 4.98. The van der Waals surface area contributed by atoms with Gasteiger partial charge in [-0.1, -0.05) is 13.8 Å². The van der Waals surface area contributed by atoms with Crippen molar-refractivity contribution in [3.8, 4) is 0 Å². The molecule has 108 valence electrons. The van der Waals surface area contributed by atoms with Gasteiger partial charge in [0.2, 0.25) is 11.8 Å². The van der Waals surface area contributed by atoms with E-state index in [2.05, 4.69) is 10.3 Å². The van der Waals surface area contributed by atoms with Crippen molar-refractivity contribution in [2.24, 2.45) is 11.7 Å². The van der Waals surface area contributed by atoms with E-state index in [0.29, 0.717) is 29.3 Å². The van der Waals surface area contributed by atoms with Crippen LogP contribution in [0.15, 0.2) is 22.6 Å². The summed E-state index contributed by atoms with van der Waals surface area (Å²) in [6.07, 6.45) is 0. The molecule has 0 bridgehead atoms. The van der Waals surface area contributed by atoms with Crippen LogP contribution < -0.4 is 11.1 Å². The van der Waals surface area contributed by atoms with Crippen LogP contribution in [-0.4, -0.2) is 24.0 Å². The lowest BCUT2D eigenvalue weighted by Crippen LogP contribution is -2.39. The number of fused-ring (bicyclic) bond motifs is 1. The quantitative estimate of drug-likeness (QED) is 0.871. The van der Waals surface area contributed by atoms with E-state index in [-0.39, 0.29) is 11.8 Å². The van der Waals surface area contributed by atoms with Crippen LogP contribution in [0, 0.1) is 5.92 Å². The molecule has 0 radical (unpaired) electrons. The molecule has 1 amide bonds. The lowest BCUT2D eigenvalue weighted by Gasteiger charge is -2.15. The summed E-state index contributed by atoms with van der Waals surface area (Å²) in [5.41, 5.74) is 7.78. The molecule has 0 unspecified atom stereocenters. The Morgan fingerprint density at radius 3 is 2.90 bits per heavy atom. The van der Waals surface area contributed by atoms with Crippen LogP contribution in [0.5, 0.6) is 0 Å². The molecular formula is C14H19N3O3. The summed E-state index contributed by atoms with van der Waals surface area (Å²) < 4.78 is 10.4. The Balaban J connectivity index is 2.17. The number of hydrogen-bond acceptors (Lipinski definition) is 5. The van der Waals surface area contributed by atoms with E-state index in [1.807, 2.05) is 13.8 Å². The highest BCUT2D eigenvalue weighted by Crippen LogP contribution is 2.20. The first kappa shape index (κ1) is 14.5. The third-order valence-electron chi connectivity index (χ3n) is 2.99. The average Bonchev–Trinajstić information content (AvgIpc) is 2.79. The lowest BCUT2D eigenvalue weighted by atomic mass is 10.0. The lowest BCUT2D eigenvalue weighted by molar-refractivity contribution is -0.118. The van der Waals surface area contributed by atoms with Crippen LogP contribution in [-0.2, 0) is 16.1 Å². The summed E-state index contributed by atoms with van der Waals surface area (Å²) in [4.78, 5) is 16.2. The van der Waals surface area contributed by atoms with Gasteiger partial charge in [0.05, 0.1) is 6.04 Å². The Morgan fingerprint density at radius 2 is 2.25 bits per heavy atom. The predicted molar refractivity (Wildman–Crippen MR) is 76.2 cm³/mol. The molecule has 0 aliphatic carbocycles. The van der Waals surface area contributed by atoms with Crippen LogP contribution in [0.2, 0.25) is 0 Å². The second kappa shape index (κ2) is 6.02. The first-order chi connectivity index (χ1) is 9.51. The van der Waals surface area contributed by atoms with Gasteiger partial charge in [0, 0.05) is 12.8 Å². The van der Waals surface area contributed by atoms with Crippen molar-refractivity contribution in [1.29, 1.82) is 0 Å². The Bertz CT molecular complexity index is 607. The number of anilines is 1. The highest BCUT2D eigenvalue weighted by molar-refractivity contribution is 5.96. The van der Waals surface area contributed by atoms with Crippen molar-refractivity contribution < 1.29 is 13.9 Å². The molecule has 0 spiro atoms. The number of ether oxygens (including phenoxy) is 1. The van der Waals surface area contributed by atoms with Gasteiger partial charge in [-0.05, 0) is 24.1 Å². The summed E-state index contributed by atoms with van der Waals surface area (Å²) in [6, 6.07) is 4.74. The molecular weight excluding hydrogens is 258 g/mol. The minimum Gasteiger partial charge on any atom is -0.438 e. The van der Waals surface area contributed by atoms with E-state index >= 15 is 0 Å². The zero-order chi connectivity index (χ0) is 14.7. The van der Waals surface area contributed by atoms with Gasteiger partial charge in [-0.25, -0.2) is 4.98 Å². The molecule has 1 aromatic heterocycles. The number of benzene rings is 1. The molecule has 6 nitrogen and oxygen atoms in total. The molecule has 1 heterocycles. The molecule has 3 N–H and O–H groups in total. The molecule has 2 rings (SSSR count). The second-order valence-corrected chi connectivity index (χ2v) is 4.98. The number of nitrogens with zero attached hydrogens (tertiary/aromatic N) is 1.